The predicted octanol–water partition coefficient (Wildman–Crippen LogP) is 3.41. The van der Waals surface area contributed by atoms with Crippen LogP contribution in [0.2, 0.25) is 0 Å². The zero-order chi connectivity index (χ0) is 17.8. The maximum Gasteiger partial charge on any atom is 0.274 e. The SMILES string of the molecule is Cc1occc1CN(C)c1cc(C(=O)Nc2ccc(F)cc2)ncn1. The highest BCUT2D eigenvalue weighted by atomic mass is 19.1. The van der Waals surface area contributed by atoms with Gasteiger partial charge in [0.25, 0.3) is 5.91 Å². The number of carbonyl (C=O) groups is 1. The van der Waals surface area contributed by atoms with Crippen LogP contribution >= 0.6 is 0 Å². The highest BCUT2D eigenvalue weighted by Gasteiger charge is 2.13. The van der Waals surface area contributed by atoms with Crippen molar-refractivity contribution in [2.45, 2.75) is 13.5 Å². The van der Waals surface area contributed by atoms with Gasteiger partial charge in [0.2, 0.25) is 0 Å². The molecule has 128 valence electrons. The second-order valence-electron chi connectivity index (χ2n) is 5.58. The van der Waals surface area contributed by atoms with E-state index in [1.807, 2.05) is 24.9 Å². The molecule has 0 atom stereocenters. The second-order valence-corrected chi connectivity index (χ2v) is 5.58. The molecule has 3 aromatic rings. The lowest BCUT2D eigenvalue weighted by Gasteiger charge is -2.18. The summed E-state index contributed by atoms with van der Waals surface area (Å²) in [5.41, 5.74) is 1.76. The molecule has 0 aliphatic rings. The quantitative estimate of drug-likeness (QED) is 0.771. The van der Waals surface area contributed by atoms with Crippen LogP contribution in [0.25, 0.3) is 0 Å². The molecule has 0 fully saturated rings. The van der Waals surface area contributed by atoms with Crippen LogP contribution in [0.4, 0.5) is 15.9 Å². The molecule has 0 spiro atoms. The van der Waals surface area contributed by atoms with Gasteiger partial charge in [0.05, 0.1) is 6.26 Å². The topological polar surface area (TPSA) is 71.3 Å². The lowest BCUT2D eigenvalue weighted by atomic mass is 10.2. The number of amides is 1. The number of benzene rings is 1. The summed E-state index contributed by atoms with van der Waals surface area (Å²) in [5, 5.41) is 2.68. The number of carbonyl (C=O) groups excluding carboxylic acids is 1. The fourth-order valence-corrected chi connectivity index (χ4v) is 2.32. The molecule has 6 nitrogen and oxygen atoms in total. The van der Waals surface area contributed by atoms with Crippen molar-refractivity contribution in [3.8, 4) is 0 Å². The Morgan fingerprint density at radius 1 is 1.24 bits per heavy atom. The minimum Gasteiger partial charge on any atom is -0.469 e. The second kappa shape index (κ2) is 7.12. The number of rotatable bonds is 5. The number of furan rings is 1. The van der Waals surface area contributed by atoms with Crippen LogP contribution in [0, 0.1) is 12.7 Å². The van der Waals surface area contributed by atoms with Crippen LogP contribution < -0.4 is 10.2 Å². The smallest absolute Gasteiger partial charge is 0.274 e. The average Bonchev–Trinajstić information content (AvgIpc) is 3.02. The molecule has 0 radical (unpaired) electrons. The van der Waals surface area contributed by atoms with E-state index in [-0.39, 0.29) is 17.4 Å². The summed E-state index contributed by atoms with van der Waals surface area (Å²) >= 11 is 0. The summed E-state index contributed by atoms with van der Waals surface area (Å²) in [7, 11) is 1.87. The van der Waals surface area contributed by atoms with E-state index in [9.17, 15) is 9.18 Å². The highest BCUT2D eigenvalue weighted by Crippen LogP contribution is 2.17. The number of aromatic nitrogens is 2. The molecule has 2 heterocycles. The van der Waals surface area contributed by atoms with Crippen LogP contribution in [-0.2, 0) is 6.54 Å². The Kier molecular flexibility index (Phi) is 4.74. The third-order valence-corrected chi connectivity index (χ3v) is 3.75. The largest absolute Gasteiger partial charge is 0.469 e. The van der Waals surface area contributed by atoms with Crippen molar-refractivity contribution in [3.05, 3.63) is 71.8 Å². The van der Waals surface area contributed by atoms with Gasteiger partial charge in [-0.2, -0.15) is 0 Å². The molecular formula is C18H17FN4O2. The molecule has 0 saturated heterocycles. The Labute approximate surface area is 144 Å². The van der Waals surface area contributed by atoms with Crippen molar-refractivity contribution in [1.82, 2.24) is 9.97 Å². The Bertz CT molecular complexity index is 877. The molecule has 1 amide bonds. The van der Waals surface area contributed by atoms with E-state index < -0.39 is 0 Å². The number of halogens is 1. The summed E-state index contributed by atoms with van der Waals surface area (Å²) < 4.78 is 18.2. The molecule has 1 aromatic carbocycles. The van der Waals surface area contributed by atoms with E-state index in [1.54, 1.807) is 12.3 Å². The van der Waals surface area contributed by atoms with Gasteiger partial charge in [0, 0.05) is 30.9 Å². The van der Waals surface area contributed by atoms with Gasteiger partial charge < -0.3 is 14.6 Å². The molecule has 0 aliphatic heterocycles. The van der Waals surface area contributed by atoms with Crippen LogP contribution in [0.3, 0.4) is 0 Å². The minimum atomic E-state index is -0.386. The lowest BCUT2D eigenvalue weighted by molar-refractivity contribution is 0.102. The maximum atomic E-state index is 12.9. The molecule has 1 N–H and O–H groups in total. The standard InChI is InChI=1S/C18H17FN4O2/c1-12-13(7-8-25-12)10-23(2)17-9-16(20-11-21-17)18(24)22-15-5-3-14(19)4-6-15/h3-9,11H,10H2,1-2H3,(H,22,24). The van der Waals surface area contributed by atoms with Gasteiger partial charge in [-0.05, 0) is 37.3 Å². The number of aryl methyl sites for hydroxylation is 1. The maximum absolute atomic E-state index is 12.9. The number of nitrogens with zero attached hydrogens (tertiary/aromatic N) is 3. The first-order chi connectivity index (χ1) is 12.0. The molecule has 0 bridgehead atoms. The molecular weight excluding hydrogens is 323 g/mol. The van der Waals surface area contributed by atoms with Crippen molar-refractivity contribution >= 4 is 17.4 Å². The van der Waals surface area contributed by atoms with E-state index in [0.29, 0.717) is 18.1 Å². The normalized spacial score (nSPS) is 10.5. The first-order valence-electron chi connectivity index (χ1n) is 7.66. The molecule has 0 unspecified atom stereocenters. The number of anilines is 2. The van der Waals surface area contributed by atoms with Crippen LogP contribution in [0.5, 0.6) is 0 Å². The third-order valence-electron chi connectivity index (χ3n) is 3.75. The van der Waals surface area contributed by atoms with Gasteiger partial charge in [0.15, 0.2) is 0 Å². The average molecular weight is 340 g/mol. The van der Waals surface area contributed by atoms with Crippen molar-refractivity contribution < 1.29 is 13.6 Å². The van der Waals surface area contributed by atoms with E-state index in [2.05, 4.69) is 15.3 Å². The number of hydrogen-bond acceptors (Lipinski definition) is 5. The highest BCUT2D eigenvalue weighted by molar-refractivity contribution is 6.03. The Hall–Kier alpha value is -3.22. The monoisotopic (exact) mass is 340 g/mol. The summed E-state index contributed by atoms with van der Waals surface area (Å²) in [4.78, 5) is 22.4. The van der Waals surface area contributed by atoms with Gasteiger partial charge in [-0.15, -0.1) is 0 Å². The first-order valence-corrected chi connectivity index (χ1v) is 7.66. The Morgan fingerprint density at radius 2 is 2.00 bits per heavy atom. The van der Waals surface area contributed by atoms with Crippen molar-refractivity contribution in [2.24, 2.45) is 0 Å². The summed E-state index contributed by atoms with van der Waals surface area (Å²) in [6.45, 7) is 2.49. The number of nitrogens with one attached hydrogen (secondary N) is 1. The van der Waals surface area contributed by atoms with Crippen LogP contribution in [-0.4, -0.2) is 22.9 Å². The third kappa shape index (κ3) is 4.00. The van der Waals surface area contributed by atoms with Crippen molar-refractivity contribution in [3.63, 3.8) is 0 Å². The molecule has 0 saturated carbocycles. The molecule has 3 rings (SSSR count). The fourth-order valence-electron chi connectivity index (χ4n) is 2.32. The van der Waals surface area contributed by atoms with Gasteiger partial charge in [-0.3, -0.25) is 4.79 Å². The van der Waals surface area contributed by atoms with E-state index in [1.165, 1.54) is 30.6 Å². The predicted molar refractivity (Wildman–Crippen MR) is 91.9 cm³/mol. The van der Waals surface area contributed by atoms with E-state index in [0.717, 1.165) is 11.3 Å². The summed E-state index contributed by atoms with van der Waals surface area (Å²) in [6.07, 6.45) is 2.98. The van der Waals surface area contributed by atoms with Gasteiger partial charge in [-0.1, -0.05) is 0 Å². The molecule has 2 aromatic heterocycles. The van der Waals surface area contributed by atoms with Crippen molar-refractivity contribution in [1.29, 1.82) is 0 Å². The van der Waals surface area contributed by atoms with E-state index >= 15 is 0 Å². The minimum absolute atomic E-state index is 0.227. The van der Waals surface area contributed by atoms with Crippen LogP contribution in [0.1, 0.15) is 21.8 Å². The first kappa shape index (κ1) is 16.6. The Morgan fingerprint density at radius 3 is 2.68 bits per heavy atom. The fraction of sp³-hybridized carbons (Fsp3) is 0.167. The number of hydrogen-bond donors (Lipinski definition) is 1. The van der Waals surface area contributed by atoms with Crippen LogP contribution in [0.15, 0.2) is 53.4 Å². The molecule has 0 aliphatic carbocycles. The van der Waals surface area contributed by atoms with Gasteiger partial charge in [-0.25, -0.2) is 14.4 Å². The van der Waals surface area contributed by atoms with Crippen molar-refractivity contribution in [2.75, 3.05) is 17.3 Å². The lowest BCUT2D eigenvalue weighted by Crippen LogP contribution is -2.20. The zero-order valence-electron chi connectivity index (χ0n) is 13.9. The Balaban J connectivity index is 1.73. The van der Waals surface area contributed by atoms with E-state index in [4.69, 9.17) is 4.42 Å². The zero-order valence-corrected chi connectivity index (χ0v) is 13.9. The summed E-state index contributed by atoms with van der Waals surface area (Å²) in [6, 6.07) is 9.04. The molecule has 25 heavy (non-hydrogen) atoms. The molecule has 7 heteroatoms. The van der Waals surface area contributed by atoms with Gasteiger partial charge >= 0.3 is 0 Å². The van der Waals surface area contributed by atoms with Gasteiger partial charge in [0.1, 0.15) is 29.4 Å². The summed E-state index contributed by atoms with van der Waals surface area (Å²) in [5.74, 6) is 0.705.